The fraction of sp³-hybridized carbons (Fsp3) is 0.278. The molecule has 0 saturated heterocycles. The summed E-state index contributed by atoms with van der Waals surface area (Å²) in [5, 5.41) is 4.18. The van der Waals surface area contributed by atoms with E-state index in [1.54, 1.807) is 30.5 Å². The number of sulfonamides is 1. The van der Waals surface area contributed by atoms with E-state index in [1.807, 2.05) is 25.1 Å². The molecule has 0 amide bonds. The summed E-state index contributed by atoms with van der Waals surface area (Å²) in [5.41, 5.74) is 2.80. The lowest BCUT2D eigenvalue weighted by molar-refractivity contribution is 0.556. The van der Waals surface area contributed by atoms with Gasteiger partial charge in [-0.25, -0.2) is 0 Å². The lowest BCUT2D eigenvalue weighted by Gasteiger charge is -2.16. The predicted molar refractivity (Wildman–Crippen MR) is 94.1 cm³/mol. The largest absolute Gasteiger partial charge is 0.465 e. The van der Waals surface area contributed by atoms with Crippen molar-refractivity contribution in [3.05, 3.63) is 59.6 Å². The van der Waals surface area contributed by atoms with Crippen molar-refractivity contribution in [1.82, 2.24) is 4.83 Å². The van der Waals surface area contributed by atoms with Gasteiger partial charge in [0.05, 0.1) is 16.9 Å². The van der Waals surface area contributed by atoms with Crippen molar-refractivity contribution in [2.45, 2.75) is 37.5 Å². The van der Waals surface area contributed by atoms with Crippen LogP contribution < -0.4 is 4.83 Å². The molecule has 0 atom stereocenters. The first-order chi connectivity index (χ1) is 11.5. The van der Waals surface area contributed by atoms with Crippen LogP contribution in [0.25, 0.3) is 6.08 Å². The van der Waals surface area contributed by atoms with E-state index in [0.717, 1.165) is 48.3 Å². The van der Waals surface area contributed by atoms with Crippen molar-refractivity contribution in [3.63, 3.8) is 0 Å². The molecule has 1 N–H and O–H groups in total. The summed E-state index contributed by atoms with van der Waals surface area (Å²) in [6.07, 6.45) is 7.23. The molecule has 0 unspecified atom stereocenters. The van der Waals surface area contributed by atoms with E-state index in [-0.39, 0.29) is 4.90 Å². The first kappa shape index (κ1) is 16.5. The first-order valence-electron chi connectivity index (χ1n) is 7.94. The van der Waals surface area contributed by atoms with Crippen LogP contribution in [0.1, 0.15) is 37.0 Å². The zero-order chi connectivity index (χ0) is 17.0. The molecule has 2 aromatic rings. The molecule has 0 aliphatic heterocycles. The summed E-state index contributed by atoms with van der Waals surface area (Å²) in [5.74, 6) is 0.751. The van der Waals surface area contributed by atoms with Crippen LogP contribution in [-0.2, 0) is 10.0 Å². The smallest absolute Gasteiger partial charge is 0.276 e. The Labute approximate surface area is 142 Å². The minimum Gasteiger partial charge on any atom is -0.465 e. The lowest BCUT2D eigenvalue weighted by Crippen LogP contribution is -2.22. The van der Waals surface area contributed by atoms with Crippen LogP contribution >= 0.6 is 0 Å². The van der Waals surface area contributed by atoms with Gasteiger partial charge in [-0.2, -0.15) is 18.4 Å². The molecule has 6 heteroatoms. The van der Waals surface area contributed by atoms with E-state index in [9.17, 15) is 8.42 Å². The third-order valence-corrected chi connectivity index (χ3v) is 5.20. The Morgan fingerprint density at radius 3 is 2.58 bits per heavy atom. The standard InChI is InChI=1S/C18H20N2O3S/c1-14-8-10-17(11-9-14)24(21,22)20-19-18-7-3-2-5-15(18)13-16-6-4-12-23-16/h4,6,8-13,20H,2-3,5,7H2,1H3. The highest BCUT2D eigenvalue weighted by Gasteiger charge is 2.17. The van der Waals surface area contributed by atoms with E-state index in [2.05, 4.69) is 9.93 Å². The molecular weight excluding hydrogens is 324 g/mol. The van der Waals surface area contributed by atoms with Crippen molar-refractivity contribution in [2.75, 3.05) is 0 Å². The predicted octanol–water partition coefficient (Wildman–Crippen LogP) is 3.88. The van der Waals surface area contributed by atoms with Crippen molar-refractivity contribution in [1.29, 1.82) is 0 Å². The van der Waals surface area contributed by atoms with Gasteiger partial charge in [0, 0.05) is 0 Å². The Morgan fingerprint density at radius 2 is 1.88 bits per heavy atom. The molecule has 0 radical (unpaired) electrons. The second kappa shape index (κ2) is 7.05. The minimum absolute atomic E-state index is 0.213. The maximum atomic E-state index is 12.4. The van der Waals surface area contributed by atoms with Gasteiger partial charge in [-0.05, 0) is 68.5 Å². The summed E-state index contributed by atoms with van der Waals surface area (Å²) >= 11 is 0. The normalized spacial score (nSPS) is 18.9. The molecule has 1 aromatic carbocycles. The number of benzene rings is 1. The van der Waals surface area contributed by atoms with Gasteiger partial charge in [0.15, 0.2) is 0 Å². The van der Waals surface area contributed by atoms with Gasteiger partial charge in [-0.15, -0.1) is 0 Å². The van der Waals surface area contributed by atoms with Gasteiger partial charge in [0.25, 0.3) is 10.0 Å². The molecule has 1 aliphatic rings. The van der Waals surface area contributed by atoms with Crippen LogP contribution in [0.5, 0.6) is 0 Å². The number of hydrogen-bond donors (Lipinski definition) is 1. The molecule has 24 heavy (non-hydrogen) atoms. The van der Waals surface area contributed by atoms with Crippen molar-refractivity contribution in [3.8, 4) is 0 Å². The van der Waals surface area contributed by atoms with Crippen LogP contribution in [0.3, 0.4) is 0 Å². The SMILES string of the molecule is Cc1ccc(S(=O)(=O)NN=C2CCCCC2=Cc2ccco2)cc1. The van der Waals surface area contributed by atoms with Crippen LogP contribution in [0.15, 0.2) is 62.6 Å². The van der Waals surface area contributed by atoms with Crippen LogP contribution in [-0.4, -0.2) is 14.1 Å². The molecule has 1 saturated carbocycles. The van der Waals surface area contributed by atoms with E-state index in [0.29, 0.717) is 0 Å². The first-order valence-corrected chi connectivity index (χ1v) is 9.42. The molecule has 1 fully saturated rings. The second-order valence-electron chi connectivity index (χ2n) is 5.86. The Bertz CT molecular complexity index is 848. The van der Waals surface area contributed by atoms with Gasteiger partial charge in [0.1, 0.15) is 5.76 Å². The summed E-state index contributed by atoms with van der Waals surface area (Å²) in [6, 6.07) is 10.4. The third kappa shape index (κ3) is 3.94. The van der Waals surface area contributed by atoms with Crippen molar-refractivity contribution in [2.24, 2.45) is 5.10 Å². The van der Waals surface area contributed by atoms with E-state index < -0.39 is 10.0 Å². The Kier molecular flexibility index (Phi) is 4.85. The highest BCUT2D eigenvalue weighted by atomic mass is 32.2. The molecule has 0 spiro atoms. The summed E-state index contributed by atoms with van der Waals surface area (Å²) < 4.78 is 30.0. The fourth-order valence-electron chi connectivity index (χ4n) is 2.63. The maximum absolute atomic E-state index is 12.4. The number of rotatable bonds is 4. The average molecular weight is 344 g/mol. The maximum Gasteiger partial charge on any atom is 0.276 e. The Hall–Kier alpha value is -2.34. The monoisotopic (exact) mass is 344 g/mol. The van der Waals surface area contributed by atoms with E-state index in [4.69, 9.17) is 4.42 Å². The highest BCUT2D eigenvalue weighted by molar-refractivity contribution is 7.89. The van der Waals surface area contributed by atoms with E-state index in [1.165, 1.54) is 0 Å². The topological polar surface area (TPSA) is 71.7 Å². The number of hydrazone groups is 1. The fourth-order valence-corrected chi connectivity index (χ4v) is 3.46. The molecule has 1 heterocycles. The summed E-state index contributed by atoms with van der Waals surface area (Å²) in [6.45, 7) is 1.91. The van der Waals surface area contributed by atoms with Crippen LogP contribution in [0.2, 0.25) is 0 Å². The van der Waals surface area contributed by atoms with Gasteiger partial charge in [0.2, 0.25) is 0 Å². The molecule has 126 valence electrons. The Morgan fingerprint density at radius 1 is 1.12 bits per heavy atom. The number of nitrogens with zero attached hydrogens (tertiary/aromatic N) is 1. The van der Waals surface area contributed by atoms with Crippen LogP contribution in [0, 0.1) is 6.92 Å². The van der Waals surface area contributed by atoms with Crippen molar-refractivity contribution >= 4 is 21.8 Å². The number of aryl methyl sites for hydroxylation is 1. The zero-order valence-electron chi connectivity index (χ0n) is 13.5. The number of furan rings is 1. The molecule has 0 bridgehead atoms. The number of nitrogens with one attached hydrogen (secondary N) is 1. The van der Waals surface area contributed by atoms with E-state index >= 15 is 0 Å². The van der Waals surface area contributed by atoms with Gasteiger partial charge in [-0.1, -0.05) is 17.7 Å². The highest BCUT2D eigenvalue weighted by Crippen LogP contribution is 2.23. The number of allylic oxidation sites excluding steroid dienone is 1. The third-order valence-electron chi connectivity index (χ3n) is 3.97. The Balaban J connectivity index is 1.82. The molecule has 5 nitrogen and oxygen atoms in total. The van der Waals surface area contributed by atoms with Gasteiger partial charge in [-0.3, -0.25) is 0 Å². The van der Waals surface area contributed by atoms with Gasteiger partial charge < -0.3 is 4.42 Å². The van der Waals surface area contributed by atoms with Crippen LogP contribution in [0.4, 0.5) is 0 Å². The number of hydrogen-bond acceptors (Lipinski definition) is 4. The quantitative estimate of drug-likeness (QED) is 0.856. The second-order valence-corrected chi connectivity index (χ2v) is 7.52. The summed E-state index contributed by atoms with van der Waals surface area (Å²) in [4.78, 5) is 2.58. The van der Waals surface area contributed by atoms with Gasteiger partial charge >= 0.3 is 0 Å². The molecule has 1 aromatic heterocycles. The lowest BCUT2D eigenvalue weighted by atomic mass is 9.92. The minimum atomic E-state index is -3.65. The molecular formula is C18H20N2O3S. The average Bonchev–Trinajstić information content (AvgIpc) is 3.08. The molecule has 3 rings (SSSR count). The van der Waals surface area contributed by atoms with Crippen molar-refractivity contribution < 1.29 is 12.8 Å². The molecule has 1 aliphatic carbocycles. The zero-order valence-corrected chi connectivity index (χ0v) is 14.3. The summed E-state index contributed by atoms with van der Waals surface area (Å²) in [7, 11) is -3.65.